The topological polar surface area (TPSA) is 58.5 Å². The van der Waals surface area contributed by atoms with Crippen LogP contribution in [0.4, 0.5) is 0 Å². The first kappa shape index (κ1) is 17.8. The fourth-order valence-electron chi connectivity index (χ4n) is 5.28. The minimum Gasteiger partial charge on any atom is -0.474 e. The van der Waals surface area contributed by atoms with Gasteiger partial charge < -0.3 is 14.7 Å². The maximum absolute atomic E-state index is 9.77. The summed E-state index contributed by atoms with van der Waals surface area (Å²) in [6, 6.07) is 0.750. The number of thiophene rings is 1. The van der Waals surface area contributed by atoms with E-state index < -0.39 is 0 Å². The monoisotopic (exact) mass is 387 g/mol. The minimum absolute atomic E-state index is 0.202. The van der Waals surface area contributed by atoms with Crippen LogP contribution in [-0.4, -0.2) is 51.8 Å². The Balaban J connectivity index is 1.31. The van der Waals surface area contributed by atoms with E-state index in [0.717, 1.165) is 47.8 Å². The molecule has 2 fully saturated rings. The Kier molecular flexibility index (Phi) is 5.05. The zero-order valence-electron chi connectivity index (χ0n) is 15.9. The summed E-state index contributed by atoms with van der Waals surface area (Å²) in [6.07, 6.45) is 12.8. The molecule has 1 N–H and O–H groups in total. The Labute approximate surface area is 164 Å². The third-order valence-corrected chi connectivity index (χ3v) is 7.92. The van der Waals surface area contributed by atoms with Gasteiger partial charge in [0.15, 0.2) is 0 Å². The lowest BCUT2D eigenvalue weighted by molar-refractivity contribution is 0.0756. The number of nitrogens with zero attached hydrogens (tertiary/aromatic N) is 3. The molecule has 0 aromatic carbocycles. The van der Waals surface area contributed by atoms with Crippen LogP contribution in [-0.2, 0) is 6.42 Å². The van der Waals surface area contributed by atoms with E-state index in [9.17, 15) is 5.11 Å². The van der Waals surface area contributed by atoms with E-state index in [2.05, 4.69) is 14.9 Å². The van der Waals surface area contributed by atoms with E-state index in [1.165, 1.54) is 55.6 Å². The van der Waals surface area contributed by atoms with Crippen molar-refractivity contribution in [3.63, 3.8) is 0 Å². The molecule has 1 atom stereocenters. The molecule has 3 heterocycles. The van der Waals surface area contributed by atoms with Crippen molar-refractivity contribution < 1.29 is 9.84 Å². The number of piperidine rings is 1. The molecule has 3 aliphatic rings. The van der Waals surface area contributed by atoms with Crippen LogP contribution < -0.4 is 4.74 Å². The molecule has 5 nitrogen and oxygen atoms in total. The number of hydrogen-bond acceptors (Lipinski definition) is 6. The molecule has 1 saturated heterocycles. The highest BCUT2D eigenvalue weighted by atomic mass is 32.1. The lowest BCUT2D eigenvalue weighted by Crippen LogP contribution is -2.42. The number of aryl methyl sites for hydroxylation is 1. The van der Waals surface area contributed by atoms with Crippen LogP contribution in [0.5, 0.6) is 5.88 Å². The van der Waals surface area contributed by atoms with E-state index in [0.29, 0.717) is 0 Å². The molecule has 0 amide bonds. The van der Waals surface area contributed by atoms with Gasteiger partial charge in [-0.3, -0.25) is 0 Å². The summed E-state index contributed by atoms with van der Waals surface area (Å²) in [6.45, 7) is 2.77. The fraction of sp³-hybridized carbons (Fsp3) is 0.714. The normalized spacial score (nSPS) is 29.1. The van der Waals surface area contributed by atoms with E-state index in [-0.39, 0.29) is 18.6 Å². The Bertz CT molecular complexity index is 794. The number of aliphatic hydroxyl groups is 1. The van der Waals surface area contributed by atoms with Gasteiger partial charge in [0.1, 0.15) is 17.3 Å². The maximum atomic E-state index is 9.77. The molecule has 2 aromatic heterocycles. The van der Waals surface area contributed by atoms with Gasteiger partial charge in [-0.1, -0.05) is 6.42 Å². The number of rotatable bonds is 4. The van der Waals surface area contributed by atoms with Gasteiger partial charge in [-0.15, -0.1) is 11.3 Å². The molecule has 5 rings (SSSR count). The van der Waals surface area contributed by atoms with Crippen LogP contribution in [0.1, 0.15) is 67.7 Å². The summed E-state index contributed by atoms with van der Waals surface area (Å²) in [7, 11) is 0. The SMILES string of the molecule is OC[C@H]1CCc2sc3ncnc(O[C@H]4CC[C@H](N5CCCCC5)CC4)c3c21. The standard InChI is InChI=1S/C21H29N3O2S/c25-12-14-4-9-17-18(14)19-20(22-13-23-21(19)27-17)26-16-7-5-15(6-8-16)24-10-2-1-3-11-24/h13-16,25H,1-12H2/t14-,15-,16-/m1/s1. The molecule has 1 saturated carbocycles. The molecule has 0 radical (unpaired) electrons. The molecule has 27 heavy (non-hydrogen) atoms. The van der Waals surface area contributed by atoms with E-state index in [1.807, 2.05) is 0 Å². The molecule has 0 spiro atoms. The number of hydrogen-bond donors (Lipinski definition) is 1. The Hall–Kier alpha value is -1.24. The summed E-state index contributed by atoms with van der Waals surface area (Å²) in [5, 5.41) is 10.9. The fourth-order valence-corrected chi connectivity index (χ4v) is 6.51. The summed E-state index contributed by atoms with van der Waals surface area (Å²) < 4.78 is 6.44. The van der Waals surface area contributed by atoms with E-state index in [1.54, 1.807) is 17.7 Å². The van der Waals surface area contributed by atoms with Gasteiger partial charge in [0.05, 0.1) is 12.0 Å². The van der Waals surface area contributed by atoms with Crippen molar-refractivity contribution in [2.45, 2.75) is 75.9 Å². The lowest BCUT2D eigenvalue weighted by Gasteiger charge is -2.38. The first-order chi connectivity index (χ1) is 13.3. The van der Waals surface area contributed by atoms with Crippen LogP contribution in [0.2, 0.25) is 0 Å². The van der Waals surface area contributed by atoms with Crippen molar-refractivity contribution in [1.82, 2.24) is 14.9 Å². The second-order valence-corrected chi connectivity index (χ2v) is 9.44. The molecule has 6 heteroatoms. The highest BCUT2D eigenvalue weighted by Gasteiger charge is 2.32. The third kappa shape index (κ3) is 3.36. The number of ether oxygens (including phenoxy) is 1. The molecule has 0 unspecified atom stereocenters. The molecule has 2 aromatic rings. The van der Waals surface area contributed by atoms with Crippen molar-refractivity contribution >= 4 is 21.6 Å². The number of aromatic nitrogens is 2. The van der Waals surface area contributed by atoms with Crippen molar-refractivity contribution in [2.24, 2.45) is 0 Å². The summed E-state index contributed by atoms with van der Waals surface area (Å²) in [5.41, 5.74) is 1.26. The molecule has 1 aliphatic heterocycles. The zero-order valence-corrected chi connectivity index (χ0v) is 16.7. The van der Waals surface area contributed by atoms with Crippen LogP contribution in [0, 0.1) is 0 Å². The van der Waals surface area contributed by atoms with E-state index >= 15 is 0 Å². The largest absolute Gasteiger partial charge is 0.474 e. The van der Waals surface area contributed by atoms with Gasteiger partial charge in [0.2, 0.25) is 5.88 Å². The summed E-state index contributed by atoms with van der Waals surface area (Å²) in [5.74, 6) is 0.969. The smallest absolute Gasteiger partial charge is 0.225 e. The first-order valence-corrected chi connectivity index (χ1v) is 11.4. The highest BCUT2D eigenvalue weighted by Crippen LogP contribution is 2.46. The maximum Gasteiger partial charge on any atom is 0.225 e. The quantitative estimate of drug-likeness (QED) is 0.862. The van der Waals surface area contributed by atoms with Crippen molar-refractivity contribution in [3.05, 3.63) is 16.8 Å². The molecule has 146 valence electrons. The van der Waals surface area contributed by atoms with Gasteiger partial charge in [0.25, 0.3) is 0 Å². The van der Waals surface area contributed by atoms with Gasteiger partial charge >= 0.3 is 0 Å². The zero-order chi connectivity index (χ0) is 18.2. The van der Waals surface area contributed by atoms with Gasteiger partial charge in [-0.05, 0) is 70.0 Å². The average molecular weight is 388 g/mol. The molecular weight excluding hydrogens is 358 g/mol. The second-order valence-electron chi connectivity index (χ2n) is 8.36. The van der Waals surface area contributed by atoms with Crippen molar-refractivity contribution in [3.8, 4) is 5.88 Å². The first-order valence-electron chi connectivity index (χ1n) is 10.6. The van der Waals surface area contributed by atoms with Crippen molar-refractivity contribution in [2.75, 3.05) is 19.7 Å². The molecule has 2 aliphatic carbocycles. The Morgan fingerprint density at radius 2 is 1.89 bits per heavy atom. The highest BCUT2D eigenvalue weighted by molar-refractivity contribution is 7.19. The second kappa shape index (κ2) is 7.64. The van der Waals surface area contributed by atoms with Crippen LogP contribution >= 0.6 is 11.3 Å². The lowest BCUT2D eigenvalue weighted by atomic mass is 9.90. The van der Waals surface area contributed by atoms with Crippen LogP contribution in [0.25, 0.3) is 10.2 Å². The molecular formula is C21H29N3O2S. The van der Waals surface area contributed by atoms with Gasteiger partial charge in [-0.25, -0.2) is 9.97 Å². The van der Waals surface area contributed by atoms with E-state index in [4.69, 9.17) is 4.74 Å². The Morgan fingerprint density at radius 1 is 1.07 bits per heavy atom. The number of likely N-dealkylation sites (tertiary alicyclic amines) is 1. The van der Waals surface area contributed by atoms with Gasteiger partial charge in [-0.2, -0.15) is 0 Å². The Morgan fingerprint density at radius 3 is 2.67 bits per heavy atom. The number of fused-ring (bicyclic) bond motifs is 3. The third-order valence-electron chi connectivity index (χ3n) is 6.74. The van der Waals surface area contributed by atoms with Crippen LogP contribution in [0.15, 0.2) is 6.33 Å². The number of aliphatic hydroxyl groups excluding tert-OH is 1. The molecule has 0 bridgehead atoms. The van der Waals surface area contributed by atoms with Crippen molar-refractivity contribution in [1.29, 1.82) is 0 Å². The average Bonchev–Trinajstić information content (AvgIpc) is 3.28. The minimum atomic E-state index is 0.202. The predicted molar refractivity (Wildman–Crippen MR) is 108 cm³/mol. The predicted octanol–water partition coefficient (Wildman–Crippen LogP) is 3.89. The van der Waals surface area contributed by atoms with Crippen LogP contribution in [0.3, 0.4) is 0 Å². The van der Waals surface area contributed by atoms with Gasteiger partial charge in [0, 0.05) is 16.8 Å². The summed E-state index contributed by atoms with van der Waals surface area (Å²) >= 11 is 1.75. The summed E-state index contributed by atoms with van der Waals surface area (Å²) in [4.78, 5) is 14.1.